The molecule has 1 fully saturated rings. The number of rotatable bonds is 4. The molecule has 2 heterocycles. The lowest BCUT2D eigenvalue weighted by molar-refractivity contribution is -0.120. The Labute approximate surface area is 152 Å². The third kappa shape index (κ3) is 4.06. The second-order valence-electron chi connectivity index (χ2n) is 6.40. The topological polar surface area (TPSA) is 86.1 Å². The number of anilines is 2. The smallest absolute Gasteiger partial charge is 0.227 e. The predicted octanol–water partition coefficient (Wildman–Crippen LogP) is 3.01. The fourth-order valence-electron chi connectivity index (χ4n) is 3.04. The zero-order chi connectivity index (χ0) is 18.5. The standard InChI is InChI=1S/C20H20N4O2/c1-14(25)16-3-5-18(6-4-16)23-20(26)17-8-10-24(11-9-17)19-7-2-15(12-21)13-22-19/h2-7,13,17H,8-11H2,1H3,(H,23,26). The van der Waals surface area contributed by atoms with Gasteiger partial charge in [-0.1, -0.05) is 0 Å². The van der Waals surface area contributed by atoms with Crippen LogP contribution in [0.5, 0.6) is 0 Å². The molecule has 6 heteroatoms. The van der Waals surface area contributed by atoms with Gasteiger partial charge in [0.2, 0.25) is 5.91 Å². The fraction of sp³-hybridized carbons (Fsp3) is 0.300. The quantitative estimate of drug-likeness (QED) is 0.858. The molecular formula is C20H20N4O2. The molecule has 6 nitrogen and oxygen atoms in total. The molecule has 1 aliphatic rings. The summed E-state index contributed by atoms with van der Waals surface area (Å²) in [5.41, 5.74) is 1.88. The minimum atomic E-state index is -0.0443. The molecule has 0 bridgehead atoms. The van der Waals surface area contributed by atoms with Gasteiger partial charge in [0.15, 0.2) is 5.78 Å². The third-order valence-electron chi connectivity index (χ3n) is 4.63. The molecule has 0 aliphatic carbocycles. The van der Waals surface area contributed by atoms with E-state index >= 15 is 0 Å². The molecule has 3 rings (SSSR count). The van der Waals surface area contributed by atoms with Crippen molar-refractivity contribution in [2.45, 2.75) is 19.8 Å². The Morgan fingerprint density at radius 1 is 1.15 bits per heavy atom. The van der Waals surface area contributed by atoms with Gasteiger partial charge in [-0.05, 0) is 56.2 Å². The normalized spacial score (nSPS) is 14.5. The van der Waals surface area contributed by atoms with Crippen LogP contribution in [0.4, 0.5) is 11.5 Å². The molecule has 0 saturated carbocycles. The van der Waals surface area contributed by atoms with E-state index in [1.807, 2.05) is 6.07 Å². The molecule has 0 spiro atoms. The van der Waals surface area contributed by atoms with Crippen molar-refractivity contribution in [3.05, 3.63) is 53.7 Å². The van der Waals surface area contributed by atoms with E-state index < -0.39 is 0 Å². The van der Waals surface area contributed by atoms with Crippen LogP contribution in [0.1, 0.15) is 35.7 Å². The van der Waals surface area contributed by atoms with E-state index in [9.17, 15) is 9.59 Å². The number of carbonyl (C=O) groups excluding carboxylic acids is 2. The van der Waals surface area contributed by atoms with Gasteiger partial charge in [-0.15, -0.1) is 0 Å². The van der Waals surface area contributed by atoms with E-state index in [0.717, 1.165) is 31.7 Å². The maximum Gasteiger partial charge on any atom is 0.227 e. The zero-order valence-electron chi connectivity index (χ0n) is 14.6. The predicted molar refractivity (Wildman–Crippen MR) is 99.0 cm³/mol. The Balaban J connectivity index is 1.54. The van der Waals surface area contributed by atoms with Crippen molar-refractivity contribution in [2.75, 3.05) is 23.3 Å². The summed E-state index contributed by atoms with van der Waals surface area (Å²) in [6.45, 7) is 3.02. The Bertz CT molecular complexity index is 830. The molecular weight excluding hydrogens is 328 g/mol. The first-order chi connectivity index (χ1) is 12.6. The zero-order valence-corrected chi connectivity index (χ0v) is 14.6. The molecule has 0 atom stereocenters. The molecule has 26 heavy (non-hydrogen) atoms. The number of pyridine rings is 1. The van der Waals surface area contributed by atoms with Crippen LogP contribution in [0, 0.1) is 17.2 Å². The number of aromatic nitrogens is 1. The SMILES string of the molecule is CC(=O)c1ccc(NC(=O)C2CCN(c3ccc(C#N)cn3)CC2)cc1. The number of nitrogens with zero attached hydrogens (tertiary/aromatic N) is 3. The first-order valence-electron chi connectivity index (χ1n) is 8.60. The second kappa shape index (κ2) is 7.79. The Morgan fingerprint density at radius 2 is 1.85 bits per heavy atom. The van der Waals surface area contributed by atoms with Crippen LogP contribution in [-0.2, 0) is 4.79 Å². The lowest BCUT2D eigenvalue weighted by atomic mass is 9.95. The summed E-state index contributed by atoms with van der Waals surface area (Å²) < 4.78 is 0. The highest BCUT2D eigenvalue weighted by molar-refractivity contribution is 5.96. The van der Waals surface area contributed by atoms with E-state index in [1.54, 1.807) is 36.5 Å². The molecule has 2 aromatic rings. The highest BCUT2D eigenvalue weighted by Crippen LogP contribution is 2.23. The van der Waals surface area contributed by atoms with Crippen molar-refractivity contribution in [3.63, 3.8) is 0 Å². The van der Waals surface area contributed by atoms with Gasteiger partial charge in [-0.25, -0.2) is 4.98 Å². The first kappa shape index (κ1) is 17.6. The molecule has 0 unspecified atom stereocenters. The number of carbonyl (C=O) groups is 2. The van der Waals surface area contributed by atoms with Gasteiger partial charge in [-0.2, -0.15) is 5.26 Å². The molecule has 1 aromatic heterocycles. The van der Waals surface area contributed by atoms with Crippen LogP contribution in [0.3, 0.4) is 0 Å². The Hall–Kier alpha value is -3.20. The molecule has 0 radical (unpaired) electrons. The highest BCUT2D eigenvalue weighted by Gasteiger charge is 2.25. The first-order valence-corrected chi connectivity index (χ1v) is 8.60. The van der Waals surface area contributed by atoms with Crippen molar-refractivity contribution in [1.29, 1.82) is 5.26 Å². The number of piperidine rings is 1. The monoisotopic (exact) mass is 348 g/mol. The van der Waals surface area contributed by atoms with Crippen molar-refractivity contribution in [2.24, 2.45) is 5.92 Å². The van der Waals surface area contributed by atoms with Gasteiger partial charge in [-0.3, -0.25) is 9.59 Å². The molecule has 1 saturated heterocycles. The largest absolute Gasteiger partial charge is 0.357 e. The molecule has 1 amide bonds. The van der Waals surface area contributed by atoms with E-state index in [2.05, 4.69) is 21.3 Å². The Morgan fingerprint density at radius 3 is 2.38 bits per heavy atom. The fourth-order valence-corrected chi connectivity index (χ4v) is 3.04. The molecule has 1 aliphatic heterocycles. The minimum Gasteiger partial charge on any atom is -0.357 e. The summed E-state index contributed by atoms with van der Waals surface area (Å²) in [7, 11) is 0. The van der Waals surface area contributed by atoms with Crippen LogP contribution >= 0.6 is 0 Å². The van der Waals surface area contributed by atoms with Gasteiger partial charge >= 0.3 is 0 Å². The summed E-state index contributed by atoms with van der Waals surface area (Å²) in [5, 5.41) is 11.8. The second-order valence-corrected chi connectivity index (χ2v) is 6.40. The number of nitrogens with one attached hydrogen (secondary N) is 1. The summed E-state index contributed by atoms with van der Waals surface area (Å²) in [6.07, 6.45) is 3.07. The van der Waals surface area contributed by atoms with Crippen molar-refractivity contribution in [3.8, 4) is 6.07 Å². The van der Waals surface area contributed by atoms with Gasteiger partial charge in [0.25, 0.3) is 0 Å². The average Bonchev–Trinajstić information content (AvgIpc) is 2.68. The van der Waals surface area contributed by atoms with E-state index in [0.29, 0.717) is 16.8 Å². The maximum atomic E-state index is 12.5. The lowest BCUT2D eigenvalue weighted by Gasteiger charge is -2.32. The van der Waals surface area contributed by atoms with Crippen molar-refractivity contribution < 1.29 is 9.59 Å². The number of benzene rings is 1. The summed E-state index contributed by atoms with van der Waals surface area (Å²) in [4.78, 5) is 30.2. The van der Waals surface area contributed by atoms with Crippen LogP contribution in [0.2, 0.25) is 0 Å². The van der Waals surface area contributed by atoms with Crippen molar-refractivity contribution >= 4 is 23.2 Å². The average molecular weight is 348 g/mol. The number of ketones is 1. The highest BCUT2D eigenvalue weighted by atomic mass is 16.2. The third-order valence-corrected chi connectivity index (χ3v) is 4.63. The summed E-state index contributed by atoms with van der Waals surface area (Å²) >= 11 is 0. The molecule has 1 aromatic carbocycles. The van der Waals surface area contributed by atoms with Crippen LogP contribution in [0.25, 0.3) is 0 Å². The van der Waals surface area contributed by atoms with Gasteiger partial charge in [0, 0.05) is 36.5 Å². The van der Waals surface area contributed by atoms with Gasteiger partial charge in [0.05, 0.1) is 5.56 Å². The van der Waals surface area contributed by atoms with Gasteiger partial charge < -0.3 is 10.2 Å². The van der Waals surface area contributed by atoms with E-state index in [4.69, 9.17) is 5.26 Å². The number of hydrogen-bond donors (Lipinski definition) is 1. The lowest BCUT2D eigenvalue weighted by Crippen LogP contribution is -2.38. The number of Topliss-reactive ketones (excluding diaryl/α,β-unsaturated/α-hetero) is 1. The Kier molecular flexibility index (Phi) is 5.28. The van der Waals surface area contributed by atoms with Crippen LogP contribution < -0.4 is 10.2 Å². The number of amides is 1. The maximum absolute atomic E-state index is 12.5. The summed E-state index contributed by atoms with van der Waals surface area (Å²) in [5.74, 6) is 0.805. The minimum absolute atomic E-state index is 0.00617. The summed E-state index contributed by atoms with van der Waals surface area (Å²) in [6, 6.07) is 12.6. The number of nitriles is 1. The van der Waals surface area contributed by atoms with Crippen LogP contribution in [0.15, 0.2) is 42.6 Å². The van der Waals surface area contributed by atoms with Gasteiger partial charge in [0.1, 0.15) is 11.9 Å². The van der Waals surface area contributed by atoms with Crippen LogP contribution in [-0.4, -0.2) is 29.8 Å². The molecule has 132 valence electrons. The van der Waals surface area contributed by atoms with E-state index in [-0.39, 0.29) is 17.6 Å². The van der Waals surface area contributed by atoms with E-state index in [1.165, 1.54) is 6.92 Å². The van der Waals surface area contributed by atoms with Crippen molar-refractivity contribution in [1.82, 2.24) is 4.98 Å². The molecule has 1 N–H and O–H groups in total. The number of hydrogen-bond acceptors (Lipinski definition) is 5.